The van der Waals surface area contributed by atoms with Crippen LogP contribution >= 0.6 is 0 Å². The van der Waals surface area contributed by atoms with Crippen molar-refractivity contribution in [3.63, 3.8) is 0 Å². The maximum absolute atomic E-state index is 10.4. The number of hydrogen-bond donors (Lipinski definition) is 5. The summed E-state index contributed by atoms with van der Waals surface area (Å²) in [6, 6.07) is 0. The van der Waals surface area contributed by atoms with Gasteiger partial charge in [-0.15, -0.1) is 0 Å². The molecule has 1 rings (SSSR count). The van der Waals surface area contributed by atoms with Crippen molar-refractivity contribution in [3.05, 3.63) is 0 Å². The Bertz CT molecular complexity index is 390. The van der Waals surface area contributed by atoms with Crippen LogP contribution in [0.15, 0.2) is 0 Å². The van der Waals surface area contributed by atoms with Crippen molar-refractivity contribution in [2.24, 2.45) is 0 Å². The maximum atomic E-state index is 10.4. The second-order valence-corrected chi connectivity index (χ2v) is 10.2. The third-order valence-electron chi connectivity index (χ3n) is 2.86. The molecule has 0 aromatic heterocycles. The first-order valence-corrected chi connectivity index (χ1v) is 10.7. The van der Waals surface area contributed by atoms with Crippen molar-refractivity contribution >= 4 is 24.3 Å². The molecule has 0 saturated carbocycles. The summed E-state index contributed by atoms with van der Waals surface area (Å²) in [5, 5.41) is 47.6. The summed E-state index contributed by atoms with van der Waals surface area (Å²) in [6.07, 6.45) is -6.41. The Morgan fingerprint density at radius 2 is 1.75 bits per heavy atom. The molecule has 20 heavy (non-hydrogen) atoms. The summed E-state index contributed by atoms with van der Waals surface area (Å²) in [5.74, 6) is 0. The topological polar surface area (TPSA) is 168 Å². The van der Waals surface area contributed by atoms with Gasteiger partial charge in [-0.05, 0) is 0 Å². The molecule has 1 aliphatic rings. The molecule has 11 heteroatoms. The van der Waals surface area contributed by atoms with Gasteiger partial charge in [0.15, 0.2) is 0 Å². The zero-order chi connectivity index (χ0) is 15.5. The molecule has 0 amide bonds. The van der Waals surface area contributed by atoms with E-state index in [0.717, 1.165) is 0 Å². The molecule has 0 bridgehead atoms. The molecule has 0 radical (unpaired) electrons. The third kappa shape index (κ3) is 5.52. The monoisotopic (exact) mass is 382 g/mol. The zero-order valence-electron chi connectivity index (χ0n) is 10.4. The SMILES string of the molecule is O=S(=O)([O-])O[C@H](CO)[C@H](O)C[Se+]1C[C@@H](O)C(O)[C@@H](O)C1. The fourth-order valence-corrected chi connectivity index (χ4v) is 7.52. The summed E-state index contributed by atoms with van der Waals surface area (Å²) in [5.41, 5.74) is 0. The molecule has 0 aliphatic carbocycles. The molecule has 1 heterocycles. The Labute approximate surface area is 120 Å². The fraction of sp³-hybridized carbons (Fsp3) is 1.00. The van der Waals surface area contributed by atoms with E-state index in [1.807, 2.05) is 0 Å². The summed E-state index contributed by atoms with van der Waals surface area (Å²) >= 11 is -1.73. The van der Waals surface area contributed by atoms with Crippen LogP contribution in [0.25, 0.3) is 0 Å². The van der Waals surface area contributed by atoms with Crippen molar-refractivity contribution in [2.75, 3.05) is 6.61 Å². The number of hydrogen-bond acceptors (Lipinski definition) is 9. The van der Waals surface area contributed by atoms with Crippen molar-refractivity contribution < 1.29 is 42.7 Å². The summed E-state index contributed by atoms with van der Waals surface area (Å²) in [4.78, 5) is 0. The van der Waals surface area contributed by atoms with Gasteiger partial charge in [0.05, 0.1) is 0 Å². The van der Waals surface area contributed by atoms with Gasteiger partial charge in [0.25, 0.3) is 0 Å². The standard InChI is InChI=1S/C9H18O9SSe/c10-1-8(18-19(15,16)17)5(11)2-20-3-6(12)9(14)7(13)4-20/h5-14H,1-4H2/t5-,6-,7+,8-,9?,20?/m1/s1. The van der Waals surface area contributed by atoms with Crippen LogP contribution < -0.4 is 0 Å². The van der Waals surface area contributed by atoms with Gasteiger partial charge < -0.3 is 0 Å². The van der Waals surface area contributed by atoms with Gasteiger partial charge in [0, 0.05) is 0 Å². The molecule has 0 spiro atoms. The van der Waals surface area contributed by atoms with E-state index >= 15 is 0 Å². The number of rotatable bonds is 6. The van der Waals surface area contributed by atoms with Crippen LogP contribution in [-0.2, 0) is 14.6 Å². The van der Waals surface area contributed by atoms with E-state index in [2.05, 4.69) is 4.18 Å². The van der Waals surface area contributed by atoms with Gasteiger partial charge in [-0.1, -0.05) is 0 Å². The molecule has 120 valence electrons. The Morgan fingerprint density at radius 1 is 1.25 bits per heavy atom. The molecule has 5 N–H and O–H groups in total. The predicted molar refractivity (Wildman–Crippen MR) is 65.9 cm³/mol. The van der Waals surface area contributed by atoms with Gasteiger partial charge >= 0.3 is 120 Å². The molecule has 1 fully saturated rings. The first-order valence-electron chi connectivity index (χ1n) is 5.75. The Hall–Kier alpha value is 0.189. The van der Waals surface area contributed by atoms with E-state index in [9.17, 15) is 33.4 Å². The molecule has 2 unspecified atom stereocenters. The minimum atomic E-state index is -5.05. The van der Waals surface area contributed by atoms with Crippen LogP contribution in [0.5, 0.6) is 0 Å². The molecule has 6 atom stereocenters. The first kappa shape index (κ1) is 18.2. The van der Waals surface area contributed by atoms with Crippen LogP contribution in [0.4, 0.5) is 0 Å². The number of aliphatic hydroxyl groups excluding tert-OH is 5. The fourth-order valence-electron chi connectivity index (χ4n) is 1.86. The second kappa shape index (κ2) is 7.45. The van der Waals surface area contributed by atoms with Crippen molar-refractivity contribution in [1.82, 2.24) is 0 Å². The van der Waals surface area contributed by atoms with Gasteiger partial charge in [-0.3, -0.25) is 0 Å². The van der Waals surface area contributed by atoms with E-state index in [1.165, 1.54) is 0 Å². The van der Waals surface area contributed by atoms with Crippen LogP contribution in [0.2, 0.25) is 16.0 Å². The second-order valence-electron chi connectivity index (χ2n) is 4.53. The molecular weight excluding hydrogens is 363 g/mol. The molecule has 1 saturated heterocycles. The Morgan fingerprint density at radius 3 is 2.15 bits per heavy atom. The molecule has 9 nitrogen and oxygen atoms in total. The summed E-state index contributed by atoms with van der Waals surface area (Å²) in [7, 11) is -5.05. The van der Waals surface area contributed by atoms with Gasteiger partial charge in [-0.25, -0.2) is 0 Å². The van der Waals surface area contributed by atoms with E-state index < -0.39 is 61.4 Å². The van der Waals surface area contributed by atoms with Crippen molar-refractivity contribution in [1.29, 1.82) is 0 Å². The van der Waals surface area contributed by atoms with E-state index in [0.29, 0.717) is 0 Å². The minimum absolute atomic E-state index is 0.0294. The number of aliphatic hydroxyl groups is 5. The van der Waals surface area contributed by atoms with Crippen LogP contribution in [0, 0.1) is 0 Å². The van der Waals surface area contributed by atoms with Gasteiger partial charge in [-0.2, -0.15) is 0 Å². The van der Waals surface area contributed by atoms with Crippen molar-refractivity contribution in [3.8, 4) is 0 Å². The average Bonchev–Trinajstić information content (AvgIpc) is 2.31. The average molecular weight is 381 g/mol. The van der Waals surface area contributed by atoms with Gasteiger partial charge in [0.1, 0.15) is 0 Å². The molecule has 1 aliphatic heterocycles. The normalized spacial score (nSPS) is 34.7. The van der Waals surface area contributed by atoms with Crippen LogP contribution in [-0.4, -0.2) is 89.5 Å². The van der Waals surface area contributed by atoms with E-state index in [4.69, 9.17) is 5.11 Å². The van der Waals surface area contributed by atoms with Gasteiger partial charge in [0.2, 0.25) is 0 Å². The Balaban J connectivity index is 2.58. The van der Waals surface area contributed by atoms with Crippen LogP contribution in [0.3, 0.4) is 0 Å². The zero-order valence-corrected chi connectivity index (χ0v) is 12.9. The van der Waals surface area contributed by atoms with E-state index in [1.54, 1.807) is 0 Å². The molecule has 0 aromatic carbocycles. The third-order valence-corrected chi connectivity index (χ3v) is 8.46. The Kier molecular flexibility index (Phi) is 6.80. The van der Waals surface area contributed by atoms with Crippen LogP contribution in [0.1, 0.15) is 0 Å². The quantitative estimate of drug-likeness (QED) is 0.181. The molecule has 0 aromatic rings. The summed E-state index contributed by atoms with van der Waals surface area (Å²) < 4.78 is 35.4. The van der Waals surface area contributed by atoms with E-state index in [-0.39, 0.29) is 16.0 Å². The predicted octanol–water partition coefficient (Wildman–Crippen LogP) is -3.22. The van der Waals surface area contributed by atoms with Crippen molar-refractivity contribution in [2.45, 2.75) is 46.5 Å². The first-order chi connectivity index (χ1) is 9.14. The summed E-state index contributed by atoms with van der Waals surface area (Å²) in [6.45, 7) is -0.852. The molecular formula is C9H18O9SSe.